The number of rotatable bonds is 7. The normalized spacial score (nSPS) is 10.9. The summed E-state index contributed by atoms with van der Waals surface area (Å²) in [5.74, 6) is 1.16. The molecule has 0 saturated carbocycles. The molecular weight excluding hydrogens is 241 g/mol. The van der Waals surface area contributed by atoms with Gasteiger partial charge in [0.25, 0.3) is 0 Å². The van der Waals surface area contributed by atoms with Gasteiger partial charge in [-0.25, -0.2) is 4.39 Å². The van der Waals surface area contributed by atoms with E-state index in [2.05, 4.69) is 19.2 Å². The summed E-state index contributed by atoms with van der Waals surface area (Å²) >= 11 is 6.03. The first-order valence-electron chi connectivity index (χ1n) is 5.81. The van der Waals surface area contributed by atoms with Crippen LogP contribution >= 0.6 is 11.6 Å². The van der Waals surface area contributed by atoms with Gasteiger partial charge >= 0.3 is 0 Å². The monoisotopic (exact) mass is 259 g/mol. The molecule has 1 N–H and O–H groups in total. The third-order valence-corrected chi connectivity index (χ3v) is 2.51. The maximum absolute atomic E-state index is 12.0. The molecule has 0 aliphatic heterocycles. The Bertz CT molecular complexity index is 344. The van der Waals surface area contributed by atoms with E-state index in [1.165, 1.54) is 0 Å². The van der Waals surface area contributed by atoms with Crippen LogP contribution in [-0.2, 0) is 6.54 Å². The molecule has 0 amide bonds. The number of nitrogens with one attached hydrogen (secondary N) is 1. The van der Waals surface area contributed by atoms with Gasteiger partial charge in [0.15, 0.2) is 0 Å². The summed E-state index contributed by atoms with van der Waals surface area (Å²) in [5, 5.41) is 3.86. The average molecular weight is 260 g/mol. The Morgan fingerprint density at radius 2 is 2.18 bits per heavy atom. The van der Waals surface area contributed by atoms with E-state index < -0.39 is 6.67 Å². The Hall–Kier alpha value is -0.800. The number of ether oxygens (including phenoxy) is 1. The minimum atomic E-state index is -0.506. The van der Waals surface area contributed by atoms with E-state index in [0.717, 1.165) is 18.7 Å². The average Bonchev–Trinajstić information content (AvgIpc) is 2.27. The fourth-order valence-corrected chi connectivity index (χ4v) is 1.68. The highest BCUT2D eigenvalue weighted by molar-refractivity contribution is 6.32. The number of hydrogen-bond acceptors (Lipinski definition) is 2. The first-order valence-corrected chi connectivity index (χ1v) is 6.19. The van der Waals surface area contributed by atoms with Crippen molar-refractivity contribution in [2.24, 2.45) is 5.92 Å². The van der Waals surface area contributed by atoms with Crippen molar-refractivity contribution >= 4 is 11.6 Å². The lowest BCUT2D eigenvalue weighted by atomic mass is 10.2. The molecule has 0 saturated heterocycles. The van der Waals surface area contributed by atoms with Crippen LogP contribution in [-0.4, -0.2) is 19.8 Å². The van der Waals surface area contributed by atoms with Crippen LogP contribution in [0.4, 0.5) is 4.39 Å². The van der Waals surface area contributed by atoms with Crippen molar-refractivity contribution in [3.05, 3.63) is 28.8 Å². The molecule has 0 radical (unpaired) electrons. The van der Waals surface area contributed by atoms with Crippen LogP contribution in [0.1, 0.15) is 19.4 Å². The molecule has 96 valence electrons. The van der Waals surface area contributed by atoms with Gasteiger partial charge in [-0.2, -0.15) is 0 Å². The molecule has 4 heteroatoms. The predicted octanol–water partition coefficient (Wildman–Crippen LogP) is 3.43. The molecule has 1 aromatic rings. The summed E-state index contributed by atoms with van der Waals surface area (Å²) in [6.45, 7) is 5.61. The number of hydrogen-bond donors (Lipinski definition) is 1. The molecule has 0 aromatic heterocycles. The second-order valence-corrected chi connectivity index (χ2v) is 4.73. The second kappa shape index (κ2) is 7.51. The minimum Gasteiger partial charge on any atom is -0.489 e. The van der Waals surface area contributed by atoms with Crippen molar-refractivity contribution in [3.63, 3.8) is 0 Å². The van der Waals surface area contributed by atoms with Gasteiger partial charge in [0, 0.05) is 6.54 Å². The maximum atomic E-state index is 12.0. The summed E-state index contributed by atoms with van der Waals surface area (Å²) in [6, 6.07) is 5.57. The van der Waals surface area contributed by atoms with E-state index in [4.69, 9.17) is 16.3 Å². The van der Waals surface area contributed by atoms with Crippen LogP contribution in [0.2, 0.25) is 5.02 Å². The van der Waals surface area contributed by atoms with Crippen molar-refractivity contribution in [2.75, 3.05) is 19.8 Å². The highest BCUT2D eigenvalue weighted by atomic mass is 35.5. The zero-order valence-corrected chi connectivity index (χ0v) is 11.1. The SMILES string of the molecule is CC(C)CNCc1ccc(OCCF)c(Cl)c1. The lowest BCUT2D eigenvalue weighted by Gasteiger charge is -2.10. The predicted molar refractivity (Wildman–Crippen MR) is 69.5 cm³/mol. The van der Waals surface area contributed by atoms with E-state index in [1.807, 2.05) is 12.1 Å². The van der Waals surface area contributed by atoms with Crippen molar-refractivity contribution in [3.8, 4) is 5.75 Å². The molecule has 0 atom stereocenters. The lowest BCUT2D eigenvalue weighted by Crippen LogP contribution is -2.18. The topological polar surface area (TPSA) is 21.3 Å². The summed E-state index contributed by atoms with van der Waals surface area (Å²) in [5.41, 5.74) is 1.10. The highest BCUT2D eigenvalue weighted by Crippen LogP contribution is 2.25. The van der Waals surface area contributed by atoms with E-state index in [9.17, 15) is 4.39 Å². The molecule has 1 rings (SSSR count). The van der Waals surface area contributed by atoms with Gasteiger partial charge in [-0.3, -0.25) is 0 Å². The Kier molecular flexibility index (Phi) is 6.30. The Labute approximate surface area is 107 Å². The largest absolute Gasteiger partial charge is 0.489 e. The molecule has 0 aliphatic rings. The van der Waals surface area contributed by atoms with Gasteiger partial charge in [-0.05, 0) is 30.2 Å². The van der Waals surface area contributed by atoms with E-state index in [1.54, 1.807) is 6.07 Å². The fraction of sp³-hybridized carbons (Fsp3) is 0.538. The van der Waals surface area contributed by atoms with Crippen molar-refractivity contribution in [2.45, 2.75) is 20.4 Å². The van der Waals surface area contributed by atoms with Gasteiger partial charge in [0.2, 0.25) is 0 Å². The standard InChI is InChI=1S/C13H19ClFNO/c1-10(2)8-16-9-11-3-4-13(12(14)7-11)17-6-5-15/h3-4,7,10,16H,5-6,8-9H2,1-2H3. The Balaban J connectivity index is 2.50. The molecule has 2 nitrogen and oxygen atoms in total. The fourth-order valence-electron chi connectivity index (χ4n) is 1.43. The van der Waals surface area contributed by atoms with Gasteiger partial charge in [0.1, 0.15) is 19.0 Å². The van der Waals surface area contributed by atoms with Crippen molar-refractivity contribution < 1.29 is 9.13 Å². The Morgan fingerprint density at radius 1 is 1.41 bits per heavy atom. The van der Waals surface area contributed by atoms with Crippen LogP contribution in [0.15, 0.2) is 18.2 Å². The maximum Gasteiger partial charge on any atom is 0.138 e. The van der Waals surface area contributed by atoms with Crippen LogP contribution in [0, 0.1) is 5.92 Å². The van der Waals surface area contributed by atoms with Gasteiger partial charge in [0.05, 0.1) is 5.02 Å². The Morgan fingerprint density at radius 3 is 2.76 bits per heavy atom. The summed E-state index contributed by atoms with van der Waals surface area (Å²) in [7, 11) is 0. The molecule has 0 aliphatic carbocycles. The molecule has 0 heterocycles. The molecule has 17 heavy (non-hydrogen) atoms. The van der Waals surface area contributed by atoms with Crippen LogP contribution < -0.4 is 10.1 Å². The molecule has 1 aromatic carbocycles. The van der Waals surface area contributed by atoms with Crippen LogP contribution in [0.3, 0.4) is 0 Å². The van der Waals surface area contributed by atoms with Gasteiger partial charge < -0.3 is 10.1 Å². The smallest absolute Gasteiger partial charge is 0.138 e. The summed E-state index contributed by atoms with van der Waals surface area (Å²) in [6.07, 6.45) is 0. The van der Waals surface area contributed by atoms with E-state index in [0.29, 0.717) is 16.7 Å². The number of benzene rings is 1. The molecule has 0 spiro atoms. The molecular formula is C13H19ClFNO. The van der Waals surface area contributed by atoms with Crippen molar-refractivity contribution in [1.29, 1.82) is 0 Å². The zero-order valence-electron chi connectivity index (χ0n) is 10.3. The summed E-state index contributed by atoms with van der Waals surface area (Å²) in [4.78, 5) is 0. The zero-order chi connectivity index (χ0) is 12.7. The molecule has 0 bridgehead atoms. The van der Waals surface area contributed by atoms with E-state index in [-0.39, 0.29) is 6.61 Å². The first-order chi connectivity index (χ1) is 8.13. The van der Waals surface area contributed by atoms with Crippen LogP contribution in [0.25, 0.3) is 0 Å². The highest BCUT2D eigenvalue weighted by Gasteiger charge is 2.03. The van der Waals surface area contributed by atoms with Crippen molar-refractivity contribution in [1.82, 2.24) is 5.32 Å². The number of alkyl halides is 1. The first kappa shape index (κ1) is 14.3. The van der Waals surface area contributed by atoms with E-state index >= 15 is 0 Å². The van der Waals surface area contributed by atoms with Gasteiger partial charge in [-0.1, -0.05) is 31.5 Å². The summed E-state index contributed by atoms with van der Waals surface area (Å²) < 4.78 is 17.1. The van der Waals surface area contributed by atoms with Gasteiger partial charge in [-0.15, -0.1) is 0 Å². The second-order valence-electron chi connectivity index (χ2n) is 4.33. The molecule has 0 fully saturated rings. The molecule has 0 unspecified atom stereocenters. The third-order valence-electron chi connectivity index (χ3n) is 2.21. The number of halogens is 2. The third kappa shape index (κ3) is 5.37. The lowest BCUT2D eigenvalue weighted by molar-refractivity contribution is 0.273. The minimum absolute atomic E-state index is 0.0463. The quantitative estimate of drug-likeness (QED) is 0.810. The van der Waals surface area contributed by atoms with Crippen LogP contribution in [0.5, 0.6) is 5.75 Å².